The van der Waals surface area contributed by atoms with Crippen LogP contribution < -0.4 is 4.74 Å². The topological polar surface area (TPSA) is 9.23 Å². The minimum Gasteiger partial charge on any atom is -0.497 e. The van der Waals surface area contributed by atoms with Gasteiger partial charge in [-0.15, -0.1) is 0 Å². The molecule has 1 nitrogen and oxygen atoms in total. The summed E-state index contributed by atoms with van der Waals surface area (Å²) in [5, 5.41) is 0. The van der Waals surface area contributed by atoms with Gasteiger partial charge in [0.25, 0.3) is 0 Å². The predicted molar refractivity (Wildman–Crippen MR) is 77.0 cm³/mol. The van der Waals surface area contributed by atoms with Gasteiger partial charge in [0.15, 0.2) is 0 Å². The van der Waals surface area contributed by atoms with Gasteiger partial charge in [-0.05, 0) is 50.3 Å². The van der Waals surface area contributed by atoms with Gasteiger partial charge in [-0.25, -0.2) is 0 Å². The molecule has 1 aliphatic carbocycles. The molecular weight excluding hydrogens is 220 g/mol. The Morgan fingerprint density at radius 1 is 1.28 bits per heavy atom. The first-order valence-electron chi connectivity index (χ1n) is 6.57. The summed E-state index contributed by atoms with van der Waals surface area (Å²) in [6.07, 6.45) is 4.70. The number of hydrogen-bond acceptors (Lipinski definition) is 1. The summed E-state index contributed by atoms with van der Waals surface area (Å²) in [5.74, 6) is 2.08. The van der Waals surface area contributed by atoms with Crippen LogP contribution in [0.5, 0.6) is 5.75 Å². The standard InChI is InChI=1S/C17H22O/c1-12(2)15-6-5-13(3)17(11-15)14-7-9-16(18-4)10-8-14/h5,7-10,15,17H,1,6,11H2,2-4H3/t15-,17+/m0/s1. The predicted octanol–water partition coefficient (Wildman–Crippen LogP) is 4.71. The number of ether oxygens (including phenoxy) is 1. The summed E-state index contributed by atoms with van der Waals surface area (Å²) >= 11 is 0. The average Bonchev–Trinajstić information content (AvgIpc) is 2.39. The van der Waals surface area contributed by atoms with Crippen molar-refractivity contribution in [2.45, 2.75) is 32.6 Å². The van der Waals surface area contributed by atoms with Gasteiger partial charge in [-0.2, -0.15) is 0 Å². The van der Waals surface area contributed by atoms with E-state index in [1.165, 1.54) is 23.1 Å². The summed E-state index contributed by atoms with van der Waals surface area (Å²) in [6.45, 7) is 8.49. The van der Waals surface area contributed by atoms with E-state index in [-0.39, 0.29) is 0 Å². The van der Waals surface area contributed by atoms with Gasteiger partial charge in [-0.1, -0.05) is 35.9 Å². The Hall–Kier alpha value is -1.50. The van der Waals surface area contributed by atoms with Gasteiger partial charge in [0.1, 0.15) is 5.75 Å². The fraction of sp³-hybridized carbons (Fsp3) is 0.412. The van der Waals surface area contributed by atoms with Gasteiger partial charge < -0.3 is 4.74 Å². The molecule has 0 aliphatic heterocycles. The number of benzene rings is 1. The number of methoxy groups -OCH3 is 1. The van der Waals surface area contributed by atoms with Gasteiger partial charge in [-0.3, -0.25) is 0 Å². The van der Waals surface area contributed by atoms with Gasteiger partial charge in [0, 0.05) is 5.92 Å². The molecule has 0 amide bonds. The monoisotopic (exact) mass is 242 g/mol. The summed E-state index contributed by atoms with van der Waals surface area (Å²) in [5.41, 5.74) is 4.17. The Labute approximate surface area is 110 Å². The van der Waals surface area contributed by atoms with E-state index in [1.807, 2.05) is 12.1 Å². The Balaban J connectivity index is 2.22. The van der Waals surface area contributed by atoms with Crippen molar-refractivity contribution in [3.63, 3.8) is 0 Å². The van der Waals surface area contributed by atoms with Crippen LogP contribution >= 0.6 is 0 Å². The Morgan fingerprint density at radius 3 is 2.50 bits per heavy atom. The molecule has 0 aromatic heterocycles. The van der Waals surface area contributed by atoms with E-state index in [1.54, 1.807) is 7.11 Å². The van der Waals surface area contributed by atoms with Crippen molar-refractivity contribution in [1.29, 1.82) is 0 Å². The number of hydrogen-bond donors (Lipinski definition) is 0. The molecule has 0 bridgehead atoms. The Morgan fingerprint density at radius 2 is 1.94 bits per heavy atom. The lowest BCUT2D eigenvalue weighted by molar-refractivity contribution is 0.414. The number of rotatable bonds is 3. The maximum Gasteiger partial charge on any atom is 0.118 e. The molecule has 0 saturated heterocycles. The highest BCUT2D eigenvalue weighted by atomic mass is 16.5. The third-order valence-corrected chi connectivity index (χ3v) is 4.01. The third-order valence-electron chi connectivity index (χ3n) is 4.01. The van der Waals surface area contributed by atoms with Crippen molar-refractivity contribution in [3.8, 4) is 5.75 Å². The summed E-state index contributed by atoms with van der Waals surface area (Å²) in [6, 6.07) is 8.46. The van der Waals surface area contributed by atoms with E-state index >= 15 is 0 Å². The van der Waals surface area contributed by atoms with Crippen LogP contribution in [-0.2, 0) is 0 Å². The molecule has 1 aromatic rings. The largest absolute Gasteiger partial charge is 0.497 e. The molecule has 0 radical (unpaired) electrons. The van der Waals surface area contributed by atoms with Crippen molar-refractivity contribution in [1.82, 2.24) is 0 Å². The van der Waals surface area contributed by atoms with Crippen molar-refractivity contribution in [2.75, 3.05) is 7.11 Å². The third kappa shape index (κ3) is 2.66. The SMILES string of the molecule is C=C(C)[C@H]1CC=C(C)[C@H](c2ccc(OC)cc2)C1. The lowest BCUT2D eigenvalue weighted by atomic mass is 9.76. The molecule has 1 heteroatoms. The molecule has 1 aromatic carbocycles. The Bertz CT molecular complexity index is 453. The van der Waals surface area contributed by atoms with Gasteiger partial charge >= 0.3 is 0 Å². The number of allylic oxidation sites excluding steroid dienone is 3. The molecule has 0 N–H and O–H groups in total. The van der Waals surface area contributed by atoms with Crippen LogP contribution in [-0.4, -0.2) is 7.11 Å². The molecule has 96 valence electrons. The first-order valence-corrected chi connectivity index (χ1v) is 6.57. The normalized spacial score (nSPS) is 23.4. The van der Waals surface area contributed by atoms with Crippen molar-refractivity contribution >= 4 is 0 Å². The highest BCUT2D eigenvalue weighted by molar-refractivity contribution is 5.35. The van der Waals surface area contributed by atoms with E-state index < -0.39 is 0 Å². The highest BCUT2D eigenvalue weighted by Crippen LogP contribution is 2.39. The fourth-order valence-electron chi connectivity index (χ4n) is 2.67. The van der Waals surface area contributed by atoms with Crippen molar-refractivity contribution in [3.05, 3.63) is 53.6 Å². The minimum atomic E-state index is 0.534. The average molecular weight is 242 g/mol. The summed E-state index contributed by atoms with van der Waals surface area (Å²) < 4.78 is 5.21. The zero-order chi connectivity index (χ0) is 13.1. The van der Waals surface area contributed by atoms with E-state index in [9.17, 15) is 0 Å². The van der Waals surface area contributed by atoms with E-state index in [0.717, 1.165) is 12.2 Å². The van der Waals surface area contributed by atoms with Crippen LogP contribution in [0.2, 0.25) is 0 Å². The van der Waals surface area contributed by atoms with E-state index in [0.29, 0.717) is 11.8 Å². The molecule has 0 saturated carbocycles. The molecule has 1 aliphatic rings. The maximum atomic E-state index is 5.21. The Kier molecular flexibility index (Phi) is 3.90. The lowest BCUT2D eigenvalue weighted by Crippen LogP contribution is -2.14. The molecule has 2 rings (SSSR count). The zero-order valence-electron chi connectivity index (χ0n) is 11.6. The molecular formula is C17H22O. The smallest absolute Gasteiger partial charge is 0.118 e. The highest BCUT2D eigenvalue weighted by Gasteiger charge is 2.23. The van der Waals surface area contributed by atoms with Crippen LogP contribution in [0, 0.1) is 5.92 Å². The second kappa shape index (κ2) is 5.43. The van der Waals surface area contributed by atoms with E-state index in [2.05, 4.69) is 38.6 Å². The van der Waals surface area contributed by atoms with Crippen molar-refractivity contribution in [2.24, 2.45) is 5.92 Å². The van der Waals surface area contributed by atoms with Gasteiger partial charge in [0.2, 0.25) is 0 Å². The molecule has 18 heavy (non-hydrogen) atoms. The minimum absolute atomic E-state index is 0.534. The second-order valence-corrected chi connectivity index (χ2v) is 5.29. The molecule has 0 unspecified atom stereocenters. The first kappa shape index (κ1) is 12.9. The van der Waals surface area contributed by atoms with Crippen LogP contribution in [0.1, 0.15) is 38.2 Å². The molecule has 2 atom stereocenters. The quantitative estimate of drug-likeness (QED) is 0.697. The van der Waals surface area contributed by atoms with Crippen LogP contribution in [0.15, 0.2) is 48.1 Å². The van der Waals surface area contributed by atoms with Gasteiger partial charge in [0.05, 0.1) is 7.11 Å². The molecule has 0 fully saturated rings. The fourth-order valence-corrected chi connectivity index (χ4v) is 2.67. The zero-order valence-corrected chi connectivity index (χ0v) is 11.6. The van der Waals surface area contributed by atoms with E-state index in [4.69, 9.17) is 4.74 Å². The van der Waals surface area contributed by atoms with Crippen molar-refractivity contribution < 1.29 is 4.74 Å². The second-order valence-electron chi connectivity index (χ2n) is 5.29. The lowest BCUT2D eigenvalue weighted by Gasteiger charge is -2.29. The molecule has 0 spiro atoms. The van der Waals surface area contributed by atoms with Crippen LogP contribution in [0.4, 0.5) is 0 Å². The molecule has 0 heterocycles. The summed E-state index contributed by atoms with van der Waals surface area (Å²) in [4.78, 5) is 0. The van der Waals surface area contributed by atoms with Crippen LogP contribution in [0.3, 0.4) is 0 Å². The first-order chi connectivity index (χ1) is 8.61. The van der Waals surface area contributed by atoms with Crippen LogP contribution in [0.25, 0.3) is 0 Å². The summed E-state index contributed by atoms with van der Waals surface area (Å²) in [7, 11) is 1.71. The maximum absolute atomic E-state index is 5.21.